The minimum atomic E-state index is -0.114. The van der Waals surface area contributed by atoms with Crippen LogP contribution in [-0.2, 0) is 23.1 Å². The van der Waals surface area contributed by atoms with E-state index < -0.39 is 0 Å². The number of ether oxygens (including phenoxy) is 2. The second kappa shape index (κ2) is 14.7. The predicted octanol–water partition coefficient (Wildman–Crippen LogP) is 7.72. The first-order valence-electron chi connectivity index (χ1n) is 19.5. The van der Waals surface area contributed by atoms with Crippen molar-refractivity contribution < 1.29 is 19.4 Å². The highest BCUT2D eigenvalue weighted by atomic mass is 16.5. The fourth-order valence-electron chi connectivity index (χ4n) is 10.3. The van der Waals surface area contributed by atoms with E-state index in [9.17, 15) is 9.90 Å². The molecule has 2 aliphatic heterocycles. The number of aliphatic hydroxyl groups is 1. The van der Waals surface area contributed by atoms with E-state index in [0.29, 0.717) is 36.1 Å². The Bertz CT molecular complexity index is 1400. The van der Waals surface area contributed by atoms with Crippen LogP contribution in [0.25, 0.3) is 0 Å². The van der Waals surface area contributed by atoms with Gasteiger partial charge in [0.15, 0.2) is 11.5 Å². The maximum atomic E-state index is 14.1. The van der Waals surface area contributed by atoms with E-state index in [1.54, 1.807) is 7.11 Å². The van der Waals surface area contributed by atoms with E-state index >= 15 is 0 Å². The molecule has 7 atom stereocenters. The number of amides is 1. The summed E-state index contributed by atoms with van der Waals surface area (Å²) in [6, 6.07) is 15.8. The molecule has 3 aliphatic carbocycles. The van der Waals surface area contributed by atoms with Crippen molar-refractivity contribution in [3.63, 3.8) is 0 Å². The van der Waals surface area contributed by atoms with Gasteiger partial charge in [0.05, 0.1) is 19.3 Å². The standard InChI is InChI=1S/C42H60N2O4/c1-29(2)27-44(38(46)18-14-9-7-5-4-6-8-11-15-30-16-12-10-13-17-30)34-21-20-33-35-25-31-19-22-37(47-3)40-39(31)42(33,41(34)48-40)23-24-43(35)28-32-26-36(32)45/h10,12-13,16-17,19,22,29,32-36,41,45H,4-9,11,14-15,18,20-21,23-28H2,1-3H3/t32?,33-,34-,35+,36?,41-,42-/m0/s1. The fourth-order valence-corrected chi connectivity index (χ4v) is 10.3. The van der Waals surface area contributed by atoms with Crippen LogP contribution in [0.2, 0.25) is 0 Å². The molecule has 2 heterocycles. The van der Waals surface area contributed by atoms with Crippen LogP contribution in [0.4, 0.5) is 0 Å². The third-order valence-corrected chi connectivity index (χ3v) is 12.7. The van der Waals surface area contributed by atoms with E-state index in [0.717, 1.165) is 76.1 Å². The molecule has 0 radical (unpaired) electrons. The Kier molecular flexibility index (Phi) is 10.4. The summed E-state index contributed by atoms with van der Waals surface area (Å²) >= 11 is 0. The molecule has 5 aliphatic rings. The summed E-state index contributed by atoms with van der Waals surface area (Å²) < 4.78 is 13.0. The monoisotopic (exact) mass is 656 g/mol. The Morgan fingerprint density at radius 1 is 1.02 bits per heavy atom. The molecule has 2 unspecified atom stereocenters. The number of benzene rings is 2. The Hall–Kier alpha value is -2.57. The lowest BCUT2D eigenvalue weighted by atomic mass is 9.51. The Morgan fingerprint density at radius 3 is 2.46 bits per heavy atom. The zero-order valence-corrected chi connectivity index (χ0v) is 29.9. The summed E-state index contributed by atoms with van der Waals surface area (Å²) in [5.41, 5.74) is 4.20. The third kappa shape index (κ3) is 6.65. The highest BCUT2D eigenvalue weighted by molar-refractivity contribution is 5.77. The normalized spacial score (nSPS) is 29.8. The number of methoxy groups -OCH3 is 1. The van der Waals surface area contributed by atoms with Crippen molar-refractivity contribution in [2.75, 3.05) is 26.7 Å². The molecular formula is C42H60N2O4. The molecule has 1 saturated heterocycles. The maximum Gasteiger partial charge on any atom is 0.222 e. The summed E-state index contributed by atoms with van der Waals surface area (Å²) in [5.74, 6) is 3.48. The number of unbranched alkanes of at least 4 members (excludes halogenated alkanes) is 7. The van der Waals surface area contributed by atoms with Crippen LogP contribution >= 0.6 is 0 Å². The molecule has 3 fully saturated rings. The van der Waals surface area contributed by atoms with E-state index in [1.807, 2.05) is 0 Å². The third-order valence-electron chi connectivity index (χ3n) is 12.7. The smallest absolute Gasteiger partial charge is 0.222 e. The second-order valence-corrected chi connectivity index (χ2v) is 16.3. The zero-order chi connectivity index (χ0) is 33.3. The van der Waals surface area contributed by atoms with Crippen LogP contribution in [0, 0.1) is 17.8 Å². The maximum absolute atomic E-state index is 14.1. The first-order valence-corrected chi connectivity index (χ1v) is 19.5. The number of hydrogen-bond donors (Lipinski definition) is 1. The zero-order valence-electron chi connectivity index (χ0n) is 29.9. The molecule has 7 rings (SSSR count). The number of rotatable bonds is 17. The fraction of sp³-hybridized carbons (Fsp3) is 0.690. The molecule has 2 aromatic carbocycles. The molecular weight excluding hydrogens is 596 g/mol. The van der Waals surface area contributed by atoms with Gasteiger partial charge >= 0.3 is 0 Å². The van der Waals surface area contributed by atoms with Crippen molar-refractivity contribution in [3.05, 3.63) is 59.2 Å². The number of piperidine rings is 1. The number of nitrogens with zero attached hydrogens (tertiary/aromatic N) is 2. The van der Waals surface area contributed by atoms with Crippen LogP contribution in [0.5, 0.6) is 11.5 Å². The average Bonchev–Trinajstić information content (AvgIpc) is 3.67. The Labute approximate surface area is 289 Å². The molecule has 2 aromatic rings. The van der Waals surface area contributed by atoms with Crippen molar-refractivity contribution >= 4 is 5.91 Å². The van der Waals surface area contributed by atoms with Crippen LogP contribution < -0.4 is 9.47 Å². The van der Waals surface area contributed by atoms with Gasteiger partial charge in [0.1, 0.15) is 6.10 Å². The average molecular weight is 657 g/mol. The first kappa shape index (κ1) is 33.9. The van der Waals surface area contributed by atoms with Crippen LogP contribution in [-0.4, -0.2) is 71.8 Å². The van der Waals surface area contributed by atoms with Gasteiger partial charge in [0.2, 0.25) is 5.91 Å². The number of carbonyl (C=O) groups excluding carboxylic acids is 1. The number of aryl methyl sites for hydroxylation is 1. The lowest BCUT2D eigenvalue weighted by molar-refractivity contribution is -0.143. The summed E-state index contributed by atoms with van der Waals surface area (Å²) in [6.07, 6.45) is 16.7. The van der Waals surface area contributed by atoms with Gasteiger partial charge in [-0.2, -0.15) is 0 Å². The highest BCUT2D eigenvalue weighted by Gasteiger charge is 2.67. The molecule has 6 nitrogen and oxygen atoms in total. The number of aliphatic hydroxyl groups excluding tert-OH is 1. The summed E-state index contributed by atoms with van der Waals surface area (Å²) in [6.45, 7) is 7.34. The molecule has 0 aromatic heterocycles. The molecule has 1 spiro atoms. The molecule has 2 saturated carbocycles. The molecule has 6 heteroatoms. The predicted molar refractivity (Wildman–Crippen MR) is 192 cm³/mol. The molecule has 1 N–H and O–H groups in total. The molecule has 48 heavy (non-hydrogen) atoms. The highest BCUT2D eigenvalue weighted by Crippen LogP contribution is 2.64. The van der Waals surface area contributed by atoms with Crippen LogP contribution in [0.3, 0.4) is 0 Å². The second-order valence-electron chi connectivity index (χ2n) is 16.3. The van der Waals surface area contributed by atoms with Crippen molar-refractivity contribution in [1.82, 2.24) is 9.80 Å². The minimum absolute atomic E-state index is 0.0256. The largest absolute Gasteiger partial charge is 0.493 e. The minimum Gasteiger partial charge on any atom is -0.493 e. The first-order chi connectivity index (χ1) is 23.4. The van der Waals surface area contributed by atoms with Gasteiger partial charge in [-0.1, -0.05) is 88.8 Å². The summed E-state index contributed by atoms with van der Waals surface area (Å²) in [5, 5.41) is 10.2. The van der Waals surface area contributed by atoms with Gasteiger partial charge in [0, 0.05) is 42.4 Å². The van der Waals surface area contributed by atoms with Crippen molar-refractivity contribution in [2.45, 2.75) is 140 Å². The quantitative estimate of drug-likeness (QED) is 0.177. The topological polar surface area (TPSA) is 62.2 Å². The molecule has 2 bridgehead atoms. The van der Waals surface area contributed by atoms with E-state index in [1.165, 1.54) is 61.6 Å². The Morgan fingerprint density at radius 2 is 1.75 bits per heavy atom. The van der Waals surface area contributed by atoms with Crippen molar-refractivity contribution in [1.29, 1.82) is 0 Å². The van der Waals surface area contributed by atoms with E-state index in [4.69, 9.17) is 9.47 Å². The Balaban J connectivity index is 0.977. The lowest BCUT2D eigenvalue weighted by Crippen LogP contribution is -2.69. The number of likely N-dealkylation sites (tertiary alicyclic amines) is 1. The number of carbonyl (C=O) groups is 1. The van der Waals surface area contributed by atoms with Gasteiger partial charge in [-0.25, -0.2) is 0 Å². The summed E-state index contributed by atoms with van der Waals surface area (Å²) in [4.78, 5) is 19.1. The van der Waals surface area contributed by atoms with Gasteiger partial charge in [-0.05, 0) is 86.9 Å². The van der Waals surface area contributed by atoms with E-state index in [2.05, 4.69) is 66.1 Å². The van der Waals surface area contributed by atoms with Gasteiger partial charge in [-0.3, -0.25) is 9.69 Å². The van der Waals surface area contributed by atoms with Gasteiger partial charge < -0.3 is 19.5 Å². The lowest BCUT2D eigenvalue weighted by Gasteiger charge is -2.60. The number of hydrogen-bond acceptors (Lipinski definition) is 5. The van der Waals surface area contributed by atoms with Crippen molar-refractivity contribution in [2.24, 2.45) is 17.8 Å². The van der Waals surface area contributed by atoms with Gasteiger partial charge in [0.25, 0.3) is 0 Å². The van der Waals surface area contributed by atoms with Gasteiger partial charge in [-0.15, -0.1) is 0 Å². The molecule has 1 amide bonds. The summed E-state index contributed by atoms with van der Waals surface area (Å²) in [7, 11) is 1.76. The van der Waals surface area contributed by atoms with Crippen LogP contribution in [0.15, 0.2) is 42.5 Å². The molecule has 262 valence electrons. The SMILES string of the molecule is COc1ccc2c3c1O[C@H]1[C@@H](N(CC(C)C)C(=O)CCCCCCCCCCc4ccccc4)CC[C@H]4[C@@H](C2)N(CC2CC2O)CC[C@@]341. The van der Waals surface area contributed by atoms with E-state index in [-0.39, 0.29) is 23.7 Å². The van der Waals surface area contributed by atoms with Crippen LogP contribution in [0.1, 0.15) is 114 Å². The van der Waals surface area contributed by atoms with Crippen molar-refractivity contribution in [3.8, 4) is 11.5 Å².